The highest BCUT2D eigenvalue weighted by Crippen LogP contribution is 2.57. The highest BCUT2D eigenvalue weighted by Gasteiger charge is 2.56. The van der Waals surface area contributed by atoms with E-state index in [1.54, 1.807) is 14.2 Å². The molecule has 5 nitrogen and oxygen atoms in total. The number of ketones is 1. The Balaban J connectivity index is 0.00000182. The van der Waals surface area contributed by atoms with Gasteiger partial charge in [-0.05, 0) is 44.1 Å². The number of nitrogens with zero attached hydrogens (tertiary/aromatic N) is 1. The summed E-state index contributed by atoms with van der Waals surface area (Å²) in [5.41, 5.74) is 1.68. The van der Waals surface area contributed by atoms with Crippen LogP contribution in [-0.2, 0) is 21.4 Å². The number of hydrogen-bond acceptors (Lipinski definition) is 5. The number of aromatic hydroxyl groups is 1. The molecular weight excluding hydrogens is 342 g/mol. The lowest BCUT2D eigenvalue weighted by Crippen LogP contribution is -2.60. The van der Waals surface area contributed by atoms with Gasteiger partial charge in [0.05, 0.1) is 14.2 Å². The number of ether oxygens (including phenoxy) is 2. The van der Waals surface area contributed by atoms with Crippen LogP contribution in [0, 0.1) is 5.92 Å². The second-order valence-corrected chi connectivity index (χ2v) is 7.17. The molecule has 0 saturated carbocycles. The molecule has 2 bridgehead atoms. The smallest absolute Gasteiger partial charge is 0.197 e. The number of halogens is 1. The summed E-state index contributed by atoms with van der Waals surface area (Å²) < 4.78 is 10.6. The summed E-state index contributed by atoms with van der Waals surface area (Å²) in [6.07, 6.45) is 4.08. The number of allylic oxidation sites excluding steroid dienone is 1. The fraction of sp³-hybridized carbons (Fsp3) is 0.526. The van der Waals surface area contributed by atoms with Gasteiger partial charge < -0.3 is 19.5 Å². The average molecular weight is 366 g/mol. The number of rotatable bonds is 2. The molecular formula is C19H24ClNO4. The van der Waals surface area contributed by atoms with E-state index in [0.29, 0.717) is 24.0 Å². The topological polar surface area (TPSA) is 59.0 Å². The molecule has 6 heteroatoms. The van der Waals surface area contributed by atoms with Crippen molar-refractivity contribution in [2.45, 2.75) is 30.7 Å². The Morgan fingerprint density at radius 2 is 2.04 bits per heavy atom. The Kier molecular flexibility index (Phi) is 4.50. The number of benzene rings is 1. The Morgan fingerprint density at radius 1 is 1.28 bits per heavy atom. The third kappa shape index (κ3) is 2.36. The van der Waals surface area contributed by atoms with Crippen molar-refractivity contribution in [1.29, 1.82) is 0 Å². The van der Waals surface area contributed by atoms with Gasteiger partial charge in [-0.1, -0.05) is 6.07 Å². The van der Waals surface area contributed by atoms with Crippen molar-refractivity contribution < 1.29 is 19.4 Å². The molecule has 3 aliphatic rings. The summed E-state index contributed by atoms with van der Waals surface area (Å²) >= 11 is 0. The number of phenols is 1. The van der Waals surface area contributed by atoms with Gasteiger partial charge in [0.25, 0.3) is 0 Å². The van der Waals surface area contributed by atoms with E-state index in [0.717, 1.165) is 30.5 Å². The van der Waals surface area contributed by atoms with Crippen molar-refractivity contribution in [2.75, 3.05) is 27.8 Å². The number of piperidine rings is 1. The highest BCUT2D eigenvalue weighted by molar-refractivity contribution is 5.96. The van der Waals surface area contributed by atoms with Crippen LogP contribution >= 0.6 is 12.4 Å². The first kappa shape index (κ1) is 18.1. The maximum absolute atomic E-state index is 12.6. The second-order valence-electron chi connectivity index (χ2n) is 7.17. The van der Waals surface area contributed by atoms with Crippen molar-refractivity contribution in [1.82, 2.24) is 4.90 Å². The van der Waals surface area contributed by atoms with E-state index in [4.69, 9.17) is 9.47 Å². The molecule has 0 radical (unpaired) electrons. The van der Waals surface area contributed by atoms with Gasteiger partial charge >= 0.3 is 0 Å². The number of phenolic OH excluding ortho intramolecular Hbond substituents is 1. The Labute approximate surface area is 154 Å². The Bertz CT molecular complexity index is 747. The fourth-order valence-corrected chi connectivity index (χ4v) is 5.03. The van der Waals surface area contributed by atoms with Gasteiger partial charge in [-0.2, -0.15) is 0 Å². The first-order chi connectivity index (χ1) is 11.5. The molecule has 1 aromatic carbocycles. The maximum Gasteiger partial charge on any atom is 0.197 e. The monoisotopic (exact) mass is 365 g/mol. The van der Waals surface area contributed by atoms with Gasteiger partial charge in [0, 0.05) is 29.4 Å². The molecule has 25 heavy (non-hydrogen) atoms. The highest BCUT2D eigenvalue weighted by atomic mass is 35.5. The molecule has 2 aliphatic carbocycles. The number of hydrogen-bond donors (Lipinski definition) is 1. The SMILES string of the molecule is COC1=CC2[C@@H]3Cc4ccc(OC)c(O)c4[C@]2(CCN3C)CC1=O.Cl. The minimum atomic E-state index is -0.359. The van der Waals surface area contributed by atoms with Gasteiger partial charge in [0.15, 0.2) is 23.0 Å². The zero-order valence-corrected chi connectivity index (χ0v) is 15.6. The molecule has 4 rings (SSSR count). The molecule has 3 atom stereocenters. The van der Waals surface area contributed by atoms with Crippen LogP contribution in [0.15, 0.2) is 24.0 Å². The lowest BCUT2D eigenvalue weighted by Gasteiger charge is -2.56. The quantitative estimate of drug-likeness (QED) is 0.872. The van der Waals surface area contributed by atoms with Gasteiger partial charge in [-0.25, -0.2) is 0 Å². The predicted molar refractivity (Wildman–Crippen MR) is 96.5 cm³/mol. The molecule has 0 amide bonds. The minimum absolute atomic E-state index is 0. The van der Waals surface area contributed by atoms with E-state index in [2.05, 4.69) is 11.9 Å². The Morgan fingerprint density at radius 3 is 2.72 bits per heavy atom. The van der Waals surface area contributed by atoms with Crippen molar-refractivity contribution in [2.24, 2.45) is 5.92 Å². The van der Waals surface area contributed by atoms with E-state index in [1.165, 1.54) is 0 Å². The molecule has 1 N–H and O–H groups in total. The van der Waals surface area contributed by atoms with Gasteiger partial charge in [-0.15, -0.1) is 12.4 Å². The van der Waals surface area contributed by atoms with E-state index >= 15 is 0 Å². The summed E-state index contributed by atoms with van der Waals surface area (Å²) in [6, 6.07) is 4.18. The lowest BCUT2D eigenvalue weighted by atomic mass is 9.53. The summed E-state index contributed by atoms with van der Waals surface area (Å²) in [6.45, 7) is 0.917. The normalized spacial score (nSPS) is 30.5. The molecule has 1 saturated heterocycles. The van der Waals surface area contributed by atoms with Crippen LogP contribution in [0.3, 0.4) is 0 Å². The summed E-state index contributed by atoms with van der Waals surface area (Å²) in [5, 5.41) is 10.9. The Hall–Kier alpha value is -1.72. The zero-order chi connectivity index (χ0) is 17.1. The van der Waals surface area contributed by atoms with Crippen molar-refractivity contribution in [3.63, 3.8) is 0 Å². The first-order valence-corrected chi connectivity index (χ1v) is 8.40. The van der Waals surface area contributed by atoms with Crippen LogP contribution < -0.4 is 4.74 Å². The van der Waals surface area contributed by atoms with E-state index < -0.39 is 0 Å². The largest absolute Gasteiger partial charge is 0.504 e. The van der Waals surface area contributed by atoms with Crippen molar-refractivity contribution >= 4 is 18.2 Å². The molecule has 0 spiro atoms. The summed E-state index contributed by atoms with van der Waals surface area (Å²) in [5.74, 6) is 1.32. The van der Waals surface area contributed by atoms with E-state index in [1.807, 2.05) is 18.2 Å². The lowest BCUT2D eigenvalue weighted by molar-refractivity contribution is -0.122. The number of methoxy groups -OCH3 is 2. The number of likely N-dealkylation sites (N-methyl/N-ethyl adjacent to an activating group) is 1. The van der Waals surface area contributed by atoms with Crippen molar-refractivity contribution in [3.05, 3.63) is 35.1 Å². The molecule has 1 heterocycles. The fourth-order valence-electron chi connectivity index (χ4n) is 5.03. The van der Waals surface area contributed by atoms with Crippen LogP contribution in [0.4, 0.5) is 0 Å². The number of fused-ring (bicyclic) bond motifs is 1. The first-order valence-electron chi connectivity index (χ1n) is 8.40. The van der Waals surface area contributed by atoms with Crippen LogP contribution in [0.1, 0.15) is 24.0 Å². The predicted octanol–water partition coefficient (Wildman–Crippen LogP) is 2.44. The molecule has 1 fully saturated rings. The van der Waals surface area contributed by atoms with E-state index in [-0.39, 0.29) is 35.3 Å². The number of carbonyl (C=O) groups excluding carboxylic acids is 1. The van der Waals surface area contributed by atoms with Crippen molar-refractivity contribution in [3.8, 4) is 11.5 Å². The number of carbonyl (C=O) groups is 1. The molecule has 1 aromatic rings. The van der Waals surface area contributed by atoms with Crippen LogP contribution in [0.2, 0.25) is 0 Å². The van der Waals surface area contributed by atoms with Crippen LogP contribution in [0.5, 0.6) is 11.5 Å². The van der Waals surface area contributed by atoms with Gasteiger partial charge in [0.2, 0.25) is 0 Å². The van der Waals surface area contributed by atoms with Crippen LogP contribution in [-0.4, -0.2) is 49.6 Å². The third-order valence-corrected chi connectivity index (χ3v) is 6.21. The summed E-state index contributed by atoms with van der Waals surface area (Å²) in [4.78, 5) is 15.0. The number of Topliss-reactive ketones (excluding diaryl/α,β-unsaturated/α-hetero) is 1. The molecule has 0 aromatic heterocycles. The zero-order valence-electron chi connectivity index (χ0n) is 14.7. The average Bonchev–Trinajstić information content (AvgIpc) is 2.57. The third-order valence-electron chi connectivity index (χ3n) is 6.21. The van der Waals surface area contributed by atoms with Gasteiger partial charge in [0.1, 0.15) is 0 Å². The molecule has 136 valence electrons. The number of likely N-dealkylation sites (tertiary alicyclic amines) is 1. The standard InChI is InChI=1S/C19H23NO4.ClH/c1-20-7-6-19-10-14(21)16(24-3)9-12(19)13(20)8-11-4-5-15(23-2)18(22)17(11)19;/h4-5,9,12-13,22H,6-8,10H2,1-3H3;1H/t12?,13-,19+;/m0./s1. The molecule has 1 unspecified atom stereocenters. The van der Waals surface area contributed by atoms with Crippen LogP contribution in [0.25, 0.3) is 0 Å². The van der Waals surface area contributed by atoms with Gasteiger partial charge in [-0.3, -0.25) is 4.79 Å². The summed E-state index contributed by atoms with van der Waals surface area (Å²) in [7, 11) is 5.25. The van der Waals surface area contributed by atoms with E-state index in [9.17, 15) is 9.90 Å². The second kappa shape index (κ2) is 6.22. The maximum atomic E-state index is 12.6. The minimum Gasteiger partial charge on any atom is -0.504 e. The molecule has 1 aliphatic heterocycles.